The zero-order valence-corrected chi connectivity index (χ0v) is 13.6. The number of ketones is 1. The van der Waals surface area contributed by atoms with E-state index in [1.807, 2.05) is 31.2 Å². The van der Waals surface area contributed by atoms with Crippen molar-refractivity contribution in [1.82, 2.24) is 0 Å². The number of nitrogens with zero attached hydrogens (tertiary/aromatic N) is 1. The van der Waals surface area contributed by atoms with Crippen LogP contribution in [-0.4, -0.2) is 24.9 Å². The maximum atomic E-state index is 12.5. The molecule has 0 aliphatic rings. The maximum Gasteiger partial charge on any atom is 0.288 e. The number of carbonyl (C=O) groups excluding carboxylic acids is 1. The van der Waals surface area contributed by atoms with E-state index in [2.05, 4.69) is 0 Å². The molecule has 0 aromatic heterocycles. The third-order valence-electron chi connectivity index (χ3n) is 3.42. The van der Waals surface area contributed by atoms with Gasteiger partial charge in [-0.25, -0.2) is 0 Å². The van der Waals surface area contributed by atoms with Crippen molar-refractivity contribution < 1.29 is 19.2 Å². The lowest BCUT2D eigenvalue weighted by molar-refractivity contribution is -0.385. The summed E-state index contributed by atoms with van der Waals surface area (Å²) < 4.78 is 10.1. The molecule has 6 nitrogen and oxygen atoms in total. The highest BCUT2D eigenvalue weighted by Gasteiger charge is 2.25. The predicted octanol–water partition coefficient (Wildman–Crippen LogP) is 3.82. The molecule has 124 valence electrons. The van der Waals surface area contributed by atoms with Crippen LogP contribution in [-0.2, 0) is 0 Å². The second-order valence-corrected chi connectivity index (χ2v) is 5.09. The zero-order chi connectivity index (χ0) is 17.7. The summed E-state index contributed by atoms with van der Waals surface area (Å²) >= 11 is 0. The third-order valence-corrected chi connectivity index (χ3v) is 3.42. The van der Waals surface area contributed by atoms with Crippen molar-refractivity contribution in [3.8, 4) is 11.5 Å². The highest BCUT2D eigenvalue weighted by Crippen LogP contribution is 2.34. The monoisotopic (exact) mass is 327 g/mol. The highest BCUT2D eigenvalue weighted by atomic mass is 16.6. The molecule has 0 unspecified atom stereocenters. The number of hydrogen-bond acceptors (Lipinski definition) is 5. The molecule has 0 aliphatic carbocycles. The molecule has 0 heterocycles. The summed E-state index contributed by atoms with van der Waals surface area (Å²) in [5, 5.41) is 11.3. The number of ether oxygens (including phenoxy) is 2. The first-order valence-corrected chi connectivity index (χ1v) is 7.15. The van der Waals surface area contributed by atoms with E-state index in [9.17, 15) is 14.9 Å². The van der Waals surface area contributed by atoms with Crippen molar-refractivity contribution in [1.29, 1.82) is 0 Å². The molecule has 2 aromatic carbocycles. The van der Waals surface area contributed by atoms with Crippen molar-refractivity contribution in [2.24, 2.45) is 0 Å². The number of rotatable bonds is 6. The van der Waals surface area contributed by atoms with Crippen LogP contribution in [0.25, 0.3) is 6.08 Å². The molecule has 0 atom stereocenters. The molecule has 24 heavy (non-hydrogen) atoms. The lowest BCUT2D eigenvalue weighted by Gasteiger charge is -2.09. The molecule has 0 saturated carbocycles. The fraction of sp³-hybridized carbons (Fsp3) is 0.167. The Bertz CT molecular complexity index is 811. The van der Waals surface area contributed by atoms with Crippen molar-refractivity contribution in [3.05, 3.63) is 69.3 Å². The first kappa shape index (κ1) is 17.2. The van der Waals surface area contributed by atoms with Gasteiger partial charge >= 0.3 is 0 Å². The van der Waals surface area contributed by atoms with Crippen LogP contribution in [0.15, 0.2) is 42.5 Å². The summed E-state index contributed by atoms with van der Waals surface area (Å²) in [5.74, 6) is -0.166. The second-order valence-electron chi connectivity index (χ2n) is 5.09. The van der Waals surface area contributed by atoms with E-state index in [0.29, 0.717) is 0 Å². The molecule has 0 radical (unpaired) electrons. The Morgan fingerprint density at radius 2 is 1.92 bits per heavy atom. The molecule has 0 bridgehead atoms. The predicted molar refractivity (Wildman–Crippen MR) is 90.7 cm³/mol. The van der Waals surface area contributed by atoms with Crippen LogP contribution in [0.1, 0.15) is 21.5 Å². The van der Waals surface area contributed by atoms with Crippen LogP contribution < -0.4 is 9.47 Å². The highest BCUT2D eigenvalue weighted by molar-refractivity contribution is 6.11. The van der Waals surface area contributed by atoms with Crippen molar-refractivity contribution in [3.63, 3.8) is 0 Å². The minimum Gasteiger partial charge on any atom is -0.496 e. The van der Waals surface area contributed by atoms with Gasteiger partial charge in [0.05, 0.1) is 25.2 Å². The van der Waals surface area contributed by atoms with E-state index in [1.54, 1.807) is 6.08 Å². The van der Waals surface area contributed by atoms with Crippen molar-refractivity contribution in [2.45, 2.75) is 6.92 Å². The summed E-state index contributed by atoms with van der Waals surface area (Å²) in [6, 6.07) is 10.2. The fourth-order valence-corrected chi connectivity index (χ4v) is 2.28. The molecule has 2 aromatic rings. The summed E-state index contributed by atoms with van der Waals surface area (Å²) in [6.45, 7) is 1.94. The van der Waals surface area contributed by atoms with Gasteiger partial charge in [0.2, 0.25) is 0 Å². The zero-order valence-electron chi connectivity index (χ0n) is 13.6. The Kier molecular flexibility index (Phi) is 5.31. The summed E-state index contributed by atoms with van der Waals surface area (Å²) in [4.78, 5) is 23.2. The molecule has 0 N–H and O–H groups in total. The summed E-state index contributed by atoms with van der Waals surface area (Å²) in [6.07, 6.45) is 2.91. The first-order chi connectivity index (χ1) is 11.5. The quantitative estimate of drug-likeness (QED) is 0.349. The minimum atomic E-state index is -0.626. The molecular formula is C18H17NO5. The molecule has 6 heteroatoms. The van der Waals surface area contributed by atoms with Gasteiger partial charge in [-0.3, -0.25) is 14.9 Å². The molecule has 0 fully saturated rings. The Balaban J connectivity index is 2.46. The van der Waals surface area contributed by atoms with Gasteiger partial charge in [-0.05, 0) is 18.6 Å². The molecule has 0 spiro atoms. The summed E-state index contributed by atoms with van der Waals surface area (Å²) in [5.41, 5.74) is 1.42. The third kappa shape index (κ3) is 3.78. The maximum absolute atomic E-state index is 12.5. The number of allylic oxidation sites excluding steroid dienone is 1. The molecule has 0 saturated heterocycles. The van der Waals surface area contributed by atoms with Crippen LogP contribution in [0, 0.1) is 17.0 Å². The largest absolute Gasteiger partial charge is 0.496 e. The average Bonchev–Trinajstić information content (AvgIpc) is 2.58. The SMILES string of the molecule is COc1cc(OC)c(C(=O)/C=C/c2cccc(C)c2)c([N+](=O)[O-])c1. The lowest BCUT2D eigenvalue weighted by Crippen LogP contribution is -2.05. The van der Waals surface area contributed by atoms with Crippen molar-refractivity contribution >= 4 is 17.5 Å². The van der Waals surface area contributed by atoms with Gasteiger partial charge in [0.15, 0.2) is 5.78 Å². The number of nitro groups is 1. The van der Waals surface area contributed by atoms with Gasteiger partial charge in [0, 0.05) is 6.07 Å². The van der Waals surface area contributed by atoms with E-state index >= 15 is 0 Å². The van der Waals surface area contributed by atoms with Gasteiger partial charge < -0.3 is 9.47 Å². The lowest BCUT2D eigenvalue weighted by atomic mass is 10.0. The van der Waals surface area contributed by atoms with E-state index < -0.39 is 10.7 Å². The molecular weight excluding hydrogens is 310 g/mol. The normalized spacial score (nSPS) is 10.6. The van der Waals surface area contributed by atoms with E-state index in [4.69, 9.17) is 9.47 Å². The van der Waals surface area contributed by atoms with Gasteiger partial charge in [-0.1, -0.05) is 35.9 Å². The second kappa shape index (κ2) is 7.41. The van der Waals surface area contributed by atoms with Gasteiger partial charge in [0.25, 0.3) is 5.69 Å². The Hall–Kier alpha value is -3.15. The van der Waals surface area contributed by atoms with Gasteiger partial charge in [0.1, 0.15) is 17.1 Å². The Morgan fingerprint density at radius 1 is 1.17 bits per heavy atom. The fourth-order valence-electron chi connectivity index (χ4n) is 2.28. The smallest absolute Gasteiger partial charge is 0.288 e. The van der Waals surface area contributed by atoms with E-state index in [-0.39, 0.29) is 22.7 Å². The number of carbonyl (C=O) groups is 1. The average molecular weight is 327 g/mol. The molecule has 2 rings (SSSR count). The number of hydrogen-bond donors (Lipinski definition) is 0. The number of nitro benzene ring substituents is 1. The number of benzene rings is 2. The Morgan fingerprint density at radius 3 is 2.50 bits per heavy atom. The van der Waals surface area contributed by atoms with E-state index in [0.717, 1.165) is 11.1 Å². The van der Waals surface area contributed by atoms with Crippen LogP contribution >= 0.6 is 0 Å². The van der Waals surface area contributed by atoms with Crippen LogP contribution in [0.5, 0.6) is 11.5 Å². The van der Waals surface area contributed by atoms with E-state index in [1.165, 1.54) is 32.4 Å². The first-order valence-electron chi connectivity index (χ1n) is 7.15. The standard InChI is InChI=1S/C18H17NO5/c1-12-5-4-6-13(9-12)7-8-16(20)18-15(19(21)22)10-14(23-2)11-17(18)24-3/h4-11H,1-3H3/b8-7+. The van der Waals surface area contributed by atoms with Crippen LogP contribution in [0.3, 0.4) is 0 Å². The van der Waals surface area contributed by atoms with Gasteiger partial charge in [-0.15, -0.1) is 0 Å². The van der Waals surface area contributed by atoms with Crippen LogP contribution in [0.4, 0.5) is 5.69 Å². The molecule has 0 aliphatic heterocycles. The summed E-state index contributed by atoms with van der Waals surface area (Å²) in [7, 11) is 2.73. The topological polar surface area (TPSA) is 78.7 Å². The number of aryl methyl sites for hydroxylation is 1. The number of methoxy groups -OCH3 is 2. The van der Waals surface area contributed by atoms with Crippen LogP contribution in [0.2, 0.25) is 0 Å². The van der Waals surface area contributed by atoms with Crippen molar-refractivity contribution in [2.75, 3.05) is 14.2 Å². The molecule has 0 amide bonds. The minimum absolute atomic E-state index is 0.0972. The van der Waals surface area contributed by atoms with Gasteiger partial charge in [-0.2, -0.15) is 0 Å². The Labute approximate surface area is 139 Å².